The fourth-order valence-corrected chi connectivity index (χ4v) is 2.26. The Morgan fingerprint density at radius 2 is 2.28 bits per heavy atom. The van der Waals surface area contributed by atoms with E-state index in [-0.39, 0.29) is 11.9 Å². The smallest absolute Gasteiger partial charge is 0.258 e. The van der Waals surface area contributed by atoms with Gasteiger partial charge in [0, 0.05) is 5.56 Å². The second-order valence-corrected chi connectivity index (χ2v) is 4.62. The highest BCUT2D eigenvalue weighted by molar-refractivity contribution is 5.54. The molecule has 1 fully saturated rings. The number of hydrogen-bond acceptors (Lipinski definition) is 4. The zero-order valence-electron chi connectivity index (χ0n) is 10.1. The van der Waals surface area contributed by atoms with Crippen LogP contribution in [0.25, 0.3) is 11.5 Å². The fourth-order valence-electron chi connectivity index (χ4n) is 2.26. The summed E-state index contributed by atoms with van der Waals surface area (Å²) in [6, 6.07) is 4.88. The molecule has 1 aliphatic heterocycles. The van der Waals surface area contributed by atoms with Crippen molar-refractivity contribution in [2.45, 2.75) is 25.8 Å². The first-order valence-corrected chi connectivity index (χ1v) is 6.07. The second-order valence-electron chi connectivity index (χ2n) is 4.62. The number of aromatic nitrogens is 2. The van der Waals surface area contributed by atoms with Gasteiger partial charge < -0.3 is 9.84 Å². The van der Waals surface area contributed by atoms with Crippen molar-refractivity contribution in [2.75, 3.05) is 6.54 Å². The normalized spacial score (nSPS) is 19.3. The molecule has 0 spiro atoms. The molecule has 0 bridgehead atoms. The van der Waals surface area contributed by atoms with Crippen LogP contribution in [0.3, 0.4) is 0 Å². The van der Waals surface area contributed by atoms with Crippen molar-refractivity contribution >= 4 is 0 Å². The minimum atomic E-state index is -0.288. The zero-order valence-corrected chi connectivity index (χ0v) is 10.1. The Bertz CT molecular complexity index is 541. The molecule has 2 aromatic rings. The number of nitrogens with one attached hydrogen (secondary N) is 1. The van der Waals surface area contributed by atoms with E-state index < -0.39 is 0 Å². The van der Waals surface area contributed by atoms with Gasteiger partial charge >= 0.3 is 0 Å². The Balaban J connectivity index is 1.92. The lowest BCUT2D eigenvalue weighted by Gasteiger charge is -2.01. The molecule has 18 heavy (non-hydrogen) atoms. The number of nitrogens with zero attached hydrogens (tertiary/aromatic N) is 2. The van der Waals surface area contributed by atoms with E-state index in [9.17, 15) is 4.39 Å². The molecular weight excluding hydrogens is 233 g/mol. The van der Waals surface area contributed by atoms with Crippen molar-refractivity contribution in [2.24, 2.45) is 0 Å². The topological polar surface area (TPSA) is 51.0 Å². The number of benzene rings is 1. The van der Waals surface area contributed by atoms with E-state index in [0.717, 1.165) is 24.9 Å². The van der Waals surface area contributed by atoms with E-state index in [2.05, 4.69) is 15.5 Å². The monoisotopic (exact) mass is 247 g/mol. The van der Waals surface area contributed by atoms with E-state index >= 15 is 0 Å². The summed E-state index contributed by atoms with van der Waals surface area (Å²) in [5.74, 6) is 0.745. The molecular formula is C13H14FN3O. The largest absolute Gasteiger partial charge is 0.334 e. The van der Waals surface area contributed by atoms with Gasteiger partial charge in [0.1, 0.15) is 5.82 Å². The van der Waals surface area contributed by atoms with Gasteiger partial charge in [0.25, 0.3) is 5.89 Å². The van der Waals surface area contributed by atoms with Crippen molar-refractivity contribution in [3.05, 3.63) is 35.4 Å². The lowest BCUT2D eigenvalue weighted by molar-refractivity contribution is 0.412. The van der Waals surface area contributed by atoms with Gasteiger partial charge in [-0.1, -0.05) is 5.16 Å². The third-order valence-corrected chi connectivity index (χ3v) is 3.10. The van der Waals surface area contributed by atoms with Crippen LogP contribution in [0, 0.1) is 12.7 Å². The predicted octanol–water partition coefficient (Wildman–Crippen LogP) is 2.61. The molecule has 1 unspecified atom stereocenters. The molecule has 1 aliphatic rings. The average Bonchev–Trinajstić information content (AvgIpc) is 2.99. The molecule has 2 heterocycles. The van der Waals surface area contributed by atoms with Crippen molar-refractivity contribution in [3.63, 3.8) is 0 Å². The van der Waals surface area contributed by atoms with Crippen LogP contribution in [0.2, 0.25) is 0 Å². The summed E-state index contributed by atoms with van der Waals surface area (Å²) < 4.78 is 18.5. The summed E-state index contributed by atoms with van der Waals surface area (Å²) in [7, 11) is 0. The van der Waals surface area contributed by atoms with Crippen molar-refractivity contribution in [3.8, 4) is 11.5 Å². The molecule has 0 saturated carbocycles. The van der Waals surface area contributed by atoms with E-state index in [1.54, 1.807) is 0 Å². The SMILES string of the molecule is Cc1cc(F)cc(-c2nc(C3CCCN3)no2)c1. The molecule has 94 valence electrons. The van der Waals surface area contributed by atoms with E-state index in [1.807, 2.05) is 13.0 Å². The molecule has 5 heteroatoms. The van der Waals surface area contributed by atoms with Gasteiger partial charge in [-0.25, -0.2) is 4.39 Å². The minimum absolute atomic E-state index is 0.164. The van der Waals surface area contributed by atoms with Crippen LogP contribution >= 0.6 is 0 Å². The van der Waals surface area contributed by atoms with Gasteiger partial charge in [0.15, 0.2) is 5.82 Å². The maximum absolute atomic E-state index is 13.3. The van der Waals surface area contributed by atoms with Crippen LogP contribution < -0.4 is 5.32 Å². The van der Waals surface area contributed by atoms with Crippen LogP contribution in [0.4, 0.5) is 4.39 Å². The Kier molecular flexibility index (Phi) is 2.83. The predicted molar refractivity (Wildman–Crippen MR) is 64.4 cm³/mol. The van der Waals surface area contributed by atoms with E-state index in [4.69, 9.17) is 4.52 Å². The zero-order chi connectivity index (χ0) is 12.5. The van der Waals surface area contributed by atoms with E-state index in [1.165, 1.54) is 12.1 Å². The highest BCUT2D eigenvalue weighted by Crippen LogP contribution is 2.25. The lowest BCUT2D eigenvalue weighted by atomic mass is 10.1. The maximum atomic E-state index is 13.3. The highest BCUT2D eigenvalue weighted by atomic mass is 19.1. The average molecular weight is 247 g/mol. The molecule has 1 N–H and O–H groups in total. The lowest BCUT2D eigenvalue weighted by Crippen LogP contribution is -2.14. The molecule has 1 saturated heterocycles. The Morgan fingerprint density at radius 1 is 1.39 bits per heavy atom. The van der Waals surface area contributed by atoms with Crippen LogP contribution in [-0.4, -0.2) is 16.7 Å². The minimum Gasteiger partial charge on any atom is -0.334 e. The molecule has 0 amide bonds. The van der Waals surface area contributed by atoms with Gasteiger partial charge in [0.2, 0.25) is 0 Å². The van der Waals surface area contributed by atoms with Gasteiger partial charge in [-0.2, -0.15) is 4.98 Å². The Hall–Kier alpha value is -1.75. The van der Waals surface area contributed by atoms with E-state index in [0.29, 0.717) is 17.3 Å². The first-order valence-electron chi connectivity index (χ1n) is 6.07. The molecule has 1 aromatic heterocycles. The van der Waals surface area contributed by atoms with Crippen LogP contribution in [0.1, 0.15) is 30.3 Å². The molecule has 0 radical (unpaired) electrons. The van der Waals surface area contributed by atoms with Crippen LogP contribution in [0.15, 0.2) is 22.7 Å². The summed E-state index contributed by atoms with van der Waals surface area (Å²) in [4.78, 5) is 4.34. The second kappa shape index (κ2) is 4.49. The van der Waals surface area contributed by atoms with Gasteiger partial charge in [-0.3, -0.25) is 0 Å². The van der Waals surface area contributed by atoms with Gasteiger partial charge in [-0.15, -0.1) is 0 Å². The quantitative estimate of drug-likeness (QED) is 0.886. The molecule has 1 atom stereocenters. The molecule has 0 aliphatic carbocycles. The highest BCUT2D eigenvalue weighted by Gasteiger charge is 2.22. The third kappa shape index (κ3) is 2.13. The van der Waals surface area contributed by atoms with Gasteiger partial charge in [-0.05, 0) is 50.1 Å². The third-order valence-electron chi connectivity index (χ3n) is 3.10. The molecule has 3 rings (SSSR count). The number of aryl methyl sites for hydroxylation is 1. The summed E-state index contributed by atoms with van der Waals surface area (Å²) >= 11 is 0. The van der Waals surface area contributed by atoms with Gasteiger partial charge in [0.05, 0.1) is 6.04 Å². The summed E-state index contributed by atoms with van der Waals surface area (Å²) in [5, 5.41) is 7.26. The molecule has 4 nitrogen and oxygen atoms in total. The standard InChI is InChI=1S/C13H14FN3O/c1-8-5-9(7-10(14)6-8)13-16-12(17-18-13)11-3-2-4-15-11/h5-7,11,15H,2-4H2,1H3. The summed E-state index contributed by atoms with van der Waals surface area (Å²) in [5.41, 5.74) is 1.47. The van der Waals surface area contributed by atoms with Crippen LogP contribution in [0.5, 0.6) is 0 Å². The first kappa shape index (κ1) is 11.3. The fraction of sp³-hybridized carbons (Fsp3) is 0.385. The van der Waals surface area contributed by atoms with Crippen molar-refractivity contribution < 1.29 is 8.91 Å². The Morgan fingerprint density at radius 3 is 3.00 bits per heavy atom. The number of hydrogen-bond donors (Lipinski definition) is 1. The van der Waals surface area contributed by atoms with Crippen molar-refractivity contribution in [1.82, 2.24) is 15.5 Å². The molecule has 1 aromatic carbocycles. The summed E-state index contributed by atoms with van der Waals surface area (Å²) in [6.07, 6.45) is 2.13. The Labute approximate surface area is 104 Å². The first-order chi connectivity index (χ1) is 8.72. The number of rotatable bonds is 2. The maximum Gasteiger partial charge on any atom is 0.258 e. The number of halogens is 1. The van der Waals surface area contributed by atoms with Crippen LogP contribution in [-0.2, 0) is 0 Å². The summed E-state index contributed by atoms with van der Waals surface area (Å²) in [6.45, 7) is 2.82. The van der Waals surface area contributed by atoms with Crippen molar-refractivity contribution in [1.29, 1.82) is 0 Å².